The summed E-state index contributed by atoms with van der Waals surface area (Å²) in [5.74, 6) is 1.07. The Bertz CT molecular complexity index is 451. The summed E-state index contributed by atoms with van der Waals surface area (Å²) >= 11 is 3.72. The maximum absolute atomic E-state index is 5.65. The molecule has 0 bridgehead atoms. The maximum atomic E-state index is 5.65. The van der Waals surface area contributed by atoms with Crippen LogP contribution < -0.4 is 10.1 Å². The van der Waals surface area contributed by atoms with Gasteiger partial charge in [-0.15, -0.1) is 0 Å². The first kappa shape index (κ1) is 13.9. The molecule has 0 saturated carbocycles. The van der Waals surface area contributed by atoms with Gasteiger partial charge in [-0.25, -0.2) is 0 Å². The molecular weight excluding hydrogens is 290 g/mol. The molecule has 1 unspecified atom stereocenters. The second-order valence-electron chi connectivity index (χ2n) is 5.20. The Morgan fingerprint density at radius 1 is 1.22 bits per heavy atom. The number of benzene rings is 1. The summed E-state index contributed by atoms with van der Waals surface area (Å²) in [4.78, 5) is 0. The number of hydrogen-bond acceptors (Lipinski definition) is 2. The van der Waals surface area contributed by atoms with Gasteiger partial charge in [0.05, 0.1) is 7.11 Å². The highest BCUT2D eigenvalue weighted by Crippen LogP contribution is 2.37. The predicted octanol–water partition coefficient (Wildman–Crippen LogP) is 3.68. The van der Waals surface area contributed by atoms with Gasteiger partial charge in [0.15, 0.2) is 0 Å². The van der Waals surface area contributed by atoms with Crippen LogP contribution >= 0.6 is 15.9 Å². The van der Waals surface area contributed by atoms with Crippen LogP contribution in [0.4, 0.5) is 0 Å². The molecule has 0 amide bonds. The predicted molar refractivity (Wildman–Crippen MR) is 79.6 cm³/mol. The Morgan fingerprint density at radius 2 is 1.94 bits per heavy atom. The topological polar surface area (TPSA) is 21.3 Å². The Morgan fingerprint density at radius 3 is 2.50 bits per heavy atom. The zero-order chi connectivity index (χ0) is 13.3. The quantitative estimate of drug-likeness (QED) is 0.919. The summed E-state index contributed by atoms with van der Waals surface area (Å²) in [6, 6.07) is 0.603. The van der Waals surface area contributed by atoms with Gasteiger partial charge in [0.25, 0.3) is 0 Å². The molecule has 1 heterocycles. The SMILES string of the molecule is COc1c(C)c(C)c(Br)c(C)c1CC1CCCN1. The lowest BCUT2D eigenvalue weighted by Gasteiger charge is -2.21. The molecular formula is C15H22BrNO. The Labute approximate surface area is 118 Å². The lowest BCUT2D eigenvalue weighted by Crippen LogP contribution is -2.24. The van der Waals surface area contributed by atoms with E-state index in [0.29, 0.717) is 6.04 Å². The molecule has 1 fully saturated rings. The molecule has 1 aliphatic rings. The van der Waals surface area contributed by atoms with Gasteiger partial charge < -0.3 is 10.1 Å². The molecule has 1 aromatic rings. The second kappa shape index (κ2) is 5.62. The van der Waals surface area contributed by atoms with Crippen molar-refractivity contribution in [1.29, 1.82) is 0 Å². The van der Waals surface area contributed by atoms with E-state index in [-0.39, 0.29) is 0 Å². The molecule has 100 valence electrons. The summed E-state index contributed by atoms with van der Waals surface area (Å²) in [7, 11) is 1.78. The van der Waals surface area contributed by atoms with Crippen LogP contribution in [0.1, 0.15) is 35.1 Å². The normalized spacial score (nSPS) is 19.3. The van der Waals surface area contributed by atoms with Crippen LogP contribution in [0.2, 0.25) is 0 Å². The molecule has 0 aromatic heterocycles. The molecule has 18 heavy (non-hydrogen) atoms. The number of halogens is 1. The molecule has 3 heteroatoms. The molecule has 0 radical (unpaired) electrons. The average molecular weight is 312 g/mol. The number of nitrogens with one attached hydrogen (secondary N) is 1. The highest BCUT2D eigenvalue weighted by molar-refractivity contribution is 9.10. The van der Waals surface area contributed by atoms with E-state index >= 15 is 0 Å². The van der Waals surface area contributed by atoms with Crippen molar-refractivity contribution in [3.8, 4) is 5.75 Å². The fourth-order valence-electron chi connectivity index (χ4n) is 2.84. The monoisotopic (exact) mass is 311 g/mol. The minimum Gasteiger partial charge on any atom is -0.496 e. The van der Waals surface area contributed by atoms with E-state index < -0.39 is 0 Å². The fraction of sp³-hybridized carbons (Fsp3) is 0.600. The van der Waals surface area contributed by atoms with Crippen molar-refractivity contribution in [2.75, 3.05) is 13.7 Å². The summed E-state index contributed by atoms with van der Waals surface area (Å²) in [6.45, 7) is 7.62. The van der Waals surface area contributed by atoms with E-state index in [9.17, 15) is 0 Å². The Hall–Kier alpha value is -0.540. The van der Waals surface area contributed by atoms with E-state index in [1.807, 2.05) is 0 Å². The van der Waals surface area contributed by atoms with E-state index in [4.69, 9.17) is 4.74 Å². The first-order chi connectivity index (χ1) is 8.56. The van der Waals surface area contributed by atoms with Gasteiger partial charge in [-0.05, 0) is 68.8 Å². The van der Waals surface area contributed by atoms with Crippen LogP contribution in [0.3, 0.4) is 0 Å². The van der Waals surface area contributed by atoms with Crippen molar-refractivity contribution in [1.82, 2.24) is 5.32 Å². The summed E-state index contributed by atoms with van der Waals surface area (Å²) < 4.78 is 6.88. The van der Waals surface area contributed by atoms with Gasteiger partial charge in [-0.1, -0.05) is 15.9 Å². The highest BCUT2D eigenvalue weighted by Gasteiger charge is 2.21. The Kier molecular flexibility index (Phi) is 4.33. The van der Waals surface area contributed by atoms with Crippen LogP contribution in [0.5, 0.6) is 5.75 Å². The minimum absolute atomic E-state index is 0.603. The van der Waals surface area contributed by atoms with Gasteiger partial charge in [-0.3, -0.25) is 0 Å². The third-order valence-corrected chi connectivity index (χ3v) is 5.29. The first-order valence-corrected chi connectivity index (χ1v) is 7.41. The molecule has 2 nitrogen and oxygen atoms in total. The van der Waals surface area contributed by atoms with Crippen molar-refractivity contribution >= 4 is 15.9 Å². The number of hydrogen-bond donors (Lipinski definition) is 1. The average Bonchev–Trinajstić information content (AvgIpc) is 2.87. The summed E-state index contributed by atoms with van der Waals surface area (Å²) in [5.41, 5.74) is 5.21. The van der Waals surface area contributed by atoms with Gasteiger partial charge in [0.2, 0.25) is 0 Å². The van der Waals surface area contributed by atoms with E-state index in [2.05, 4.69) is 42.0 Å². The number of methoxy groups -OCH3 is 1. The van der Waals surface area contributed by atoms with Crippen LogP contribution in [0.15, 0.2) is 4.47 Å². The molecule has 1 aromatic carbocycles. The minimum atomic E-state index is 0.603. The molecule has 1 aliphatic heterocycles. The van der Waals surface area contributed by atoms with Crippen molar-refractivity contribution < 1.29 is 4.74 Å². The van der Waals surface area contributed by atoms with Gasteiger partial charge in [-0.2, -0.15) is 0 Å². The molecule has 0 spiro atoms. The molecule has 2 rings (SSSR count). The lowest BCUT2D eigenvalue weighted by atomic mass is 9.94. The van der Waals surface area contributed by atoms with Gasteiger partial charge in [0.1, 0.15) is 5.75 Å². The highest BCUT2D eigenvalue weighted by atomic mass is 79.9. The fourth-order valence-corrected chi connectivity index (χ4v) is 3.38. The van der Waals surface area contributed by atoms with Crippen LogP contribution in [-0.2, 0) is 6.42 Å². The molecule has 1 atom stereocenters. The standard InChI is InChI=1S/C15H22BrNO/c1-9-10(2)15(18-4)13(11(3)14(9)16)8-12-6-5-7-17-12/h12,17H,5-8H2,1-4H3. The smallest absolute Gasteiger partial charge is 0.125 e. The van der Waals surface area contributed by atoms with E-state index in [0.717, 1.165) is 18.7 Å². The number of rotatable bonds is 3. The molecule has 0 aliphatic carbocycles. The van der Waals surface area contributed by atoms with E-state index in [1.165, 1.54) is 39.6 Å². The van der Waals surface area contributed by atoms with Gasteiger partial charge in [0, 0.05) is 10.5 Å². The summed E-state index contributed by atoms with van der Waals surface area (Å²) in [6.07, 6.45) is 3.62. The van der Waals surface area contributed by atoms with E-state index in [1.54, 1.807) is 7.11 Å². The molecule has 1 N–H and O–H groups in total. The largest absolute Gasteiger partial charge is 0.496 e. The zero-order valence-electron chi connectivity index (χ0n) is 11.7. The maximum Gasteiger partial charge on any atom is 0.125 e. The summed E-state index contributed by atoms with van der Waals surface area (Å²) in [5, 5.41) is 3.57. The first-order valence-electron chi connectivity index (χ1n) is 6.61. The van der Waals surface area contributed by atoms with Crippen molar-refractivity contribution in [3.05, 3.63) is 26.7 Å². The lowest BCUT2D eigenvalue weighted by molar-refractivity contribution is 0.402. The van der Waals surface area contributed by atoms with Gasteiger partial charge >= 0.3 is 0 Å². The third kappa shape index (κ3) is 2.43. The number of ether oxygens (including phenoxy) is 1. The van der Waals surface area contributed by atoms with Crippen LogP contribution in [-0.4, -0.2) is 19.7 Å². The van der Waals surface area contributed by atoms with Crippen molar-refractivity contribution in [3.63, 3.8) is 0 Å². The zero-order valence-corrected chi connectivity index (χ0v) is 13.3. The third-order valence-electron chi connectivity index (χ3n) is 4.11. The van der Waals surface area contributed by atoms with Crippen molar-refractivity contribution in [2.24, 2.45) is 0 Å². The molecule has 1 saturated heterocycles. The van der Waals surface area contributed by atoms with Crippen LogP contribution in [0.25, 0.3) is 0 Å². The van der Waals surface area contributed by atoms with Crippen LogP contribution in [0, 0.1) is 20.8 Å². The second-order valence-corrected chi connectivity index (χ2v) is 5.99. The Balaban J connectivity index is 2.43. The van der Waals surface area contributed by atoms with Crippen molar-refractivity contribution in [2.45, 2.75) is 46.1 Å².